The van der Waals surface area contributed by atoms with Crippen molar-refractivity contribution in [2.45, 2.75) is 25.9 Å². The van der Waals surface area contributed by atoms with Crippen LogP contribution in [0.15, 0.2) is 40.8 Å². The molecule has 6 heteroatoms. The first-order valence-electron chi connectivity index (χ1n) is 6.94. The maximum absolute atomic E-state index is 11.8. The van der Waals surface area contributed by atoms with Crippen LogP contribution >= 0.6 is 0 Å². The maximum atomic E-state index is 11.8. The molecule has 1 amide bonds. The third kappa shape index (κ3) is 2.38. The van der Waals surface area contributed by atoms with Crippen molar-refractivity contribution in [3.8, 4) is 11.1 Å². The Hall–Kier alpha value is -2.34. The fraction of sp³-hybridized carbons (Fsp3) is 0.333. The first kappa shape index (κ1) is 13.6. The van der Waals surface area contributed by atoms with Gasteiger partial charge in [-0.05, 0) is 37.1 Å². The third-order valence-electron chi connectivity index (χ3n) is 3.62. The van der Waals surface area contributed by atoms with E-state index in [2.05, 4.69) is 29.2 Å². The van der Waals surface area contributed by atoms with Gasteiger partial charge < -0.3 is 5.73 Å². The van der Waals surface area contributed by atoms with Crippen molar-refractivity contribution >= 4 is 5.91 Å². The zero-order chi connectivity index (χ0) is 15.0. The molecule has 1 aromatic heterocycles. The maximum Gasteiger partial charge on any atom is 0.295 e. The van der Waals surface area contributed by atoms with Gasteiger partial charge >= 0.3 is 0 Å². The topological polar surface area (TPSA) is 85.6 Å². The molecule has 2 aromatic rings. The van der Waals surface area contributed by atoms with E-state index in [0.29, 0.717) is 18.2 Å². The Morgan fingerprint density at radius 2 is 2.14 bits per heavy atom. The number of amides is 1. The fourth-order valence-corrected chi connectivity index (χ4v) is 2.39. The van der Waals surface area contributed by atoms with E-state index in [1.54, 1.807) is 6.07 Å². The Bertz CT molecular complexity index is 717. The number of nitrogens with two attached hydrogens (primary N) is 1. The fourth-order valence-electron chi connectivity index (χ4n) is 2.39. The van der Waals surface area contributed by atoms with Crippen LogP contribution in [0.1, 0.15) is 41.9 Å². The van der Waals surface area contributed by atoms with E-state index < -0.39 is 0 Å². The van der Waals surface area contributed by atoms with Crippen molar-refractivity contribution in [2.24, 2.45) is 16.0 Å². The van der Waals surface area contributed by atoms with Crippen LogP contribution in [-0.2, 0) is 0 Å². The van der Waals surface area contributed by atoms with Gasteiger partial charge in [0, 0.05) is 29.9 Å². The number of rotatable bonds is 3. The molecular weight excluding hydrogens is 266 g/mol. The van der Waals surface area contributed by atoms with Crippen molar-refractivity contribution in [3.63, 3.8) is 0 Å². The molecule has 1 aliphatic heterocycles. The zero-order valence-corrected chi connectivity index (χ0v) is 12.0. The van der Waals surface area contributed by atoms with Gasteiger partial charge in [0.1, 0.15) is 6.04 Å². The van der Waals surface area contributed by atoms with Crippen LogP contribution in [0, 0.1) is 0 Å². The summed E-state index contributed by atoms with van der Waals surface area (Å²) in [6.45, 7) is 4.48. The number of azo groups is 1. The lowest BCUT2D eigenvalue weighted by atomic mass is 9.95. The Balaban J connectivity index is 2.04. The van der Waals surface area contributed by atoms with Gasteiger partial charge in [0.05, 0.1) is 6.20 Å². The SMILES string of the molecule is CC(C)n1cc(-c2ccc3c(c2)C(CN)N=NC3=O)cn1. The summed E-state index contributed by atoms with van der Waals surface area (Å²) in [4.78, 5) is 11.8. The Labute approximate surface area is 122 Å². The van der Waals surface area contributed by atoms with Crippen LogP contribution in [0.25, 0.3) is 11.1 Å². The molecule has 1 atom stereocenters. The molecule has 0 saturated carbocycles. The highest BCUT2D eigenvalue weighted by molar-refractivity contribution is 5.97. The summed E-state index contributed by atoms with van der Waals surface area (Å²) in [6, 6.07) is 5.72. The van der Waals surface area contributed by atoms with Gasteiger partial charge in [0.25, 0.3) is 5.91 Å². The van der Waals surface area contributed by atoms with E-state index in [4.69, 9.17) is 5.73 Å². The molecule has 2 N–H and O–H groups in total. The van der Waals surface area contributed by atoms with Gasteiger partial charge in [-0.15, -0.1) is 5.11 Å². The summed E-state index contributed by atoms with van der Waals surface area (Å²) >= 11 is 0. The van der Waals surface area contributed by atoms with Crippen molar-refractivity contribution in [1.29, 1.82) is 0 Å². The molecule has 1 unspecified atom stereocenters. The van der Waals surface area contributed by atoms with Gasteiger partial charge in [-0.25, -0.2) is 0 Å². The standard InChI is InChI=1S/C15H17N5O/c1-9(2)20-8-11(7-17-20)10-3-4-12-13(5-10)14(6-16)18-19-15(12)21/h3-5,7-9,14H,6,16H2,1-2H3. The summed E-state index contributed by atoms with van der Waals surface area (Å²) in [5.41, 5.74) is 9.15. The van der Waals surface area contributed by atoms with Crippen LogP contribution in [0.2, 0.25) is 0 Å². The molecule has 1 aliphatic rings. The minimum atomic E-state index is -0.306. The molecule has 0 aliphatic carbocycles. The highest BCUT2D eigenvalue weighted by atomic mass is 16.1. The molecule has 108 valence electrons. The number of hydrogen-bond donors (Lipinski definition) is 1. The molecule has 0 spiro atoms. The average Bonchev–Trinajstić information content (AvgIpc) is 2.97. The van der Waals surface area contributed by atoms with Crippen LogP contribution in [0.4, 0.5) is 0 Å². The zero-order valence-electron chi connectivity index (χ0n) is 12.0. The normalized spacial score (nSPS) is 17.3. The van der Waals surface area contributed by atoms with E-state index in [9.17, 15) is 4.79 Å². The predicted octanol–water partition coefficient (Wildman–Crippen LogP) is 2.74. The Morgan fingerprint density at radius 1 is 1.33 bits per heavy atom. The molecule has 2 heterocycles. The van der Waals surface area contributed by atoms with Gasteiger partial charge in [-0.2, -0.15) is 10.2 Å². The molecule has 21 heavy (non-hydrogen) atoms. The molecule has 0 radical (unpaired) electrons. The highest BCUT2D eigenvalue weighted by Crippen LogP contribution is 2.31. The van der Waals surface area contributed by atoms with Gasteiger partial charge in [0.2, 0.25) is 0 Å². The number of carbonyl (C=O) groups is 1. The second kappa shape index (κ2) is 5.21. The summed E-state index contributed by atoms with van der Waals surface area (Å²) in [7, 11) is 0. The van der Waals surface area contributed by atoms with Crippen molar-refractivity contribution in [1.82, 2.24) is 9.78 Å². The monoisotopic (exact) mass is 283 g/mol. The molecule has 0 fully saturated rings. The van der Waals surface area contributed by atoms with E-state index in [1.165, 1.54) is 0 Å². The quantitative estimate of drug-likeness (QED) is 0.939. The molecule has 6 nitrogen and oxygen atoms in total. The number of fused-ring (bicyclic) bond motifs is 1. The lowest BCUT2D eigenvalue weighted by Gasteiger charge is -2.17. The van der Waals surface area contributed by atoms with E-state index in [0.717, 1.165) is 16.7 Å². The lowest BCUT2D eigenvalue weighted by Crippen LogP contribution is -2.17. The minimum absolute atomic E-state index is 0.252. The molecule has 0 bridgehead atoms. The van der Waals surface area contributed by atoms with Gasteiger partial charge in [0.15, 0.2) is 0 Å². The summed E-state index contributed by atoms with van der Waals surface area (Å²) < 4.78 is 1.90. The number of nitrogens with zero attached hydrogens (tertiary/aromatic N) is 4. The number of carbonyl (C=O) groups excluding carboxylic acids is 1. The lowest BCUT2D eigenvalue weighted by molar-refractivity contribution is 0.0985. The Kier molecular flexibility index (Phi) is 3.39. The number of benzene rings is 1. The smallest absolute Gasteiger partial charge is 0.295 e. The Morgan fingerprint density at radius 3 is 2.81 bits per heavy atom. The first-order chi connectivity index (χ1) is 10.1. The molecular formula is C15H17N5O. The number of aromatic nitrogens is 2. The number of hydrogen-bond acceptors (Lipinski definition) is 4. The summed E-state index contributed by atoms with van der Waals surface area (Å²) in [6.07, 6.45) is 3.82. The summed E-state index contributed by atoms with van der Waals surface area (Å²) in [5.74, 6) is -0.306. The second-order valence-electron chi connectivity index (χ2n) is 5.38. The summed E-state index contributed by atoms with van der Waals surface area (Å²) in [5, 5.41) is 12.0. The van der Waals surface area contributed by atoms with Gasteiger partial charge in [-0.3, -0.25) is 9.48 Å². The van der Waals surface area contributed by atoms with Crippen molar-refractivity contribution < 1.29 is 4.79 Å². The highest BCUT2D eigenvalue weighted by Gasteiger charge is 2.23. The average molecular weight is 283 g/mol. The van der Waals surface area contributed by atoms with Crippen LogP contribution in [0.5, 0.6) is 0 Å². The van der Waals surface area contributed by atoms with E-state index in [1.807, 2.05) is 29.2 Å². The largest absolute Gasteiger partial charge is 0.328 e. The van der Waals surface area contributed by atoms with Crippen molar-refractivity contribution in [2.75, 3.05) is 6.54 Å². The molecule has 0 saturated heterocycles. The van der Waals surface area contributed by atoms with E-state index in [-0.39, 0.29) is 11.9 Å². The molecule has 1 aromatic carbocycles. The van der Waals surface area contributed by atoms with Crippen molar-refractivity contribution in [3.05, 3.63) is 41.7 Å². The predicted molar refractivity (Wildman–Crippen MR) is 79.0 cm³/mol. The third-order valence-corrected chi connectivity index (χ3v) is 3.62. The minimum Gasteiger partial charge on any atom is -0.328 e. The van der Waals surface area contributed by atoms with Crippen LogP contribution in [-0.4, -0.2) is 22.2 Å². The van der Waals surface area contributed by atoms with Crippen LogP contribution < -0.4 is 5.73 Å². The first-order valence-corrected chi connectivity index (χ1v) is 6.94. The second-order valence-corrected chi connectivity index (χ2v) is 5.38. The van der Waals surface area contributed by atoms with E-state index >= 15 is 0 Å². The molecule has 3 rings (SSSR count). The van der Waals surface area contributed by atoms with Gasteiger partial charge in [-0.1, -0.05) is 6.07 Å². The van der Waals surface area contributed by atoms with Crippen LogP contribution in [0.3, 0.4) is 0 Å².